The van der Waals surface area contributed by atoms with Crippen LogP contribution in [0.1, 0.15) is 15.9 Å². The summed E-state index contributed by atoms with van der Waals surface area (Å²) in [6, 6.07) is 16.6. The minimum absolute atomic E-state index is 0.0323. The number of ether oxygens (including phenoxy) is 1. The average Bonchev–Trinajstić information content (AvgIpc) is 2.83. The van der Waals surface area contributed by atoms with Crippen LogP contribution >= 0.6 is 11.6 Å². The Morgan fingerprint density at radius 3 is 2.39 bits per heavy atom. The van der Waals surface area contributed by atoms with Gasteiger partial charge in [0.25, 0.3) is 5.91 Å². The topological polar surface area (TPSA) is 83.6 Å². The van der Waals surface area contributed by atoms with Crippen LogP contribution in [0.3, 0.4) is 0 Å². The number of hydrogen-bond donors (Lipinski definition) is 2. The molecule has 4 aromatic rings. The fourth-order valence-corrected chi connectivity index (χ4v) is 3.83. The molecule has 0 spiro atoms. The molecule has 0 unspecified atom stereocenters. The summed E-state index contributed by atoms with van der Waals surface area (Å²) in [6.07, 6.45) is -3.14. The van der Waals surface area contributed by atoms with Crippen molar-refractivity contribution in [1.82, 2.24) is 9.88 Å². The number of rotatable bonds is 7. The summed E-state index contributed by atoms with van der Waals surface area (Å²) in [4.78, 5) is 30.6. The molecule has 1 aromatic heterocycles. The maximum Gasteiger partial charge on any atom is 0.417 e. The summed E-state index contributed by atoms with van der Waals surface area (Å²) in [5.74, 6) is 0.450. The zero-order valence-electron chi connectivity index (χ0n) is 20.3. The number of nitrogens with one attached hydrogen (secondary N) is 2. The van der Waals surface area contributed by atoms with Crippen molar-refractivity contribution in [3.63, 3.8) is 0 Å². The fraction of sp³-hybridized carbons (Fsp3) is 0.148. The lowest BCUT2D eigenvalue weighted by Crippen LogP contribution is -2.27. The number of amides is 2. The van der Waals surface area contributed by atoms with Crippen molar-refractivity contribution in [2.45, 2.75) is 6.18 Å². The molecule has 0 saturated heterocycles. The first-order chi connectivity index (χ1) is 18.0. The predicted molar refractivity (Wildman–Crippen MR) is 140 cm³/mol. The van der Waals surface area contributed by atoms with Crippen molar-refractivity contribution in [2.24, 2.45) is 0 Å². The molecule has 0 atom stereocenters. The molecular weight excluding hydrogens is 521 g/mol. The summed E-state index contributed by atoms with van der Waals surface area (Å²) >= 11 is 5.65. The Labute approximate surface area is 221 Å². The molecule has 0 fully saturated rings. The van der Waals surface area contributed by atoms with E-state index >= 15 is 0 Å². The molecule has 2 N–H and O–H groups in total. The molecule has 38 heavy (non-hydrogen) atoms. The molecule has 0 radical (unpaired) electrons. The van der Waals surface area contributed by atoms with E-state index in [0.717, 1.165) is 17.5 Å². The second-order valence-corrected chi connectivity index (χ2v) is 9.04. The third-order valence-corrected chi connectivity index (χ3v) is 5.63. The molecule has 4 rings (SSSR count). The maximum absolute atomic E-state index is 13.1. The number of likely N-dealkylation sites (N-methyl/N-ethyl adjacent to an activating group) is 1. The number of anilines is 2. The first-order valence-corrected chi connectivity index (χ1v) is 11.7. The number of fused-ring (bicyclic) bond motifs is 1. The molecule has 0 bridgehead atoms. The molecule has 0 saturated carbocycles. The highest BCUT2D eigenvalue weighted by Crippen LogP contribution is 2.36. The summed E-state index contributed by atoms with van der Waals surface area (Å²) in [6.45, 7) is 0.203. The van der Waals surface area contributed by atoms with E-state index in [-0.39, 0.29) is 23.7 Å². The first-order valence-electron chi connectivity index (χ1n) is 11.3. The van der Waals surface area contributed by atoms with E-state index in [2.05, 4.69) is 15.6 Å². The SMILES string of the molecule is CN(C)CC(=O)Nc1cc(Oc2ccc3ccc(C(=O)Nc4ccc(Cl)c(C(F)(F)F)c4)cc3c2)ccn1. The average molecular weight is 543 g/mol. The Morgan fingerprint density at radius 2 is 1.66 bits per heavy atom. The van der Waals surface area contributed by atoms with E-state index in [1.165, 1.54) is 12.3 Å². The first kappa shape index (κ1) is 26.9. The lowest BCUT2D eigenvalue weighted by molar-refractivity contribution is -0.137. The summed E-state index contributed by atoms with van der Waals surface area (Å²) in [7, 11) is 3.56. The lowest BCUT2D eigenvalue weighted by atomic mass is 10.1. The van der Waals surface area contributed by atoms with Gasteiger partial charge in [-0.1, -0.05) is 23.7 Å². The number of alkyl halides is 3. The van der Waals surface area contributed by atoms with Gasteiger partial charge in [0.15, 0.2) is 0 Å². The predicted octanol–water partition coefficient (Wildman–Crippen LogP) is 6.45. The molecule has 11 heteroatoms. The third-order valence-electron chi connectivity index (χ3n) is 5.30. The molecule has 0 aliphatic heterocycles. The lowest BCUT2D eigenvalue weighted by Gasteiger charge is -2.12. The Hall–Kier alpha value is -4.15. The zero-order chi connectivity index (χ0) is 27.4. The largest absolute Gasteiger partial charge is 0.457 e. The van der Waals surface area contributed by atoms with Crippen molar-refractivity contribution < 1.29 is 27.5 Å². The fourth-order valence-electron chi connectivity index (χ4n) is 3.60. The number of carbonyl (C=O) groups excluding carboxylic acids is 2. The molecule has 7 nitrogen and oxygen atoms in total. The summed E-state index contributed by atoms with van der Waals surface area (Å²) < 4.78 is 45.4. The maximum atomic E-state index is 13.1. The van der Waals surface area contributed by atoms with Gasteiger partial charge in [0.2, 0.25) is 5.91 Å². The van der Waals surface area contributed by atoms with Crippen molar-refractivity contribution >= 4 is 45.7 Å². The smallest absolute Gasteiger partial charge is 0.417 e. The van der Waals surface area contributed by atoms with Crippen molar-refractivity contribution in [2.75, 3.05) is 31.3 Å². The van der Waals surface area contributed by atoms with Crippen LogP contribution in [0.5, 0.6) is 11.5 Å². The van der Waals surface area contributed by atoms with E-state index < -0.39 is 22.7 Å². The van der Waals surface area contributed by atoms with Gasteiger partial charge in [-0.05, 0) is 73.4 Å². The van der Waals surface area contributed by atoms with Gasteiger partial charge in [-0.3, -0.25) is 9.59 Å². The van der Waals surface area contributed by atoms with Gasteiger partial charge in [0.05, 0.1) is 17.1 Å². The van der Waals surface area contributed by atoms with Crippen LogP contribution in [-0.2, 0) is 11.0 Å². The monoisotopic (exact) mass is 542 g/mol. The van der Waals surface area contributed by atoms with Gasteiger partial charge in [-0.15, -0.1) is 0 Å². The van der Waals surface area contributed by atoms with Gasteiger partial charge < -0.3 is 20.3 Å². The van der Waals surface area contributed by atoms with Crippen LogP contribution in [0.4, 0.5) is 24.7 Å². The van der Waals surface area contributed by atoms with Crippen LogP contribution < -0.4 is 15.4 Å². The second kappa shape index (κ2) is 11.1. The highest BCUT2D eigenvalue weighted by Gasteiger charge is 2.33. The highest BCUT2D eigenvalue weighted by molar-refractivity contribution is 6.31. The van der Waals surface area contributed by atoms with E-state index in [4.69, 9.17) is 16.3 Å². The van der Waals surface area contributed by atoms with Crippen molar-refractivity contribution in [3.8, 4) is 11.5 Å². The Kier molecular flexibility index (Phi) is 7.84. The van der Waals surface area contributed by atoms with E-state index in [9.17, 15) is 22.8 Å². The molecule has 196 valence electrons. The van der Waals surface area contributed by atoms with E-state index in [1.807, 2.05) is 6.07 Å². The Bertz CT molecular complexity index is 1510. The summed E-state index contributed by atoms with van der Waals surface area (Å²) in [5, 5.41) is 6.22. The number of halogens is 4. The second-order valence-electron chi connectivity index (χ2n) is 8.64. The van der Waals surface area contributed by atoms with Gasteiger partial charge in [-0.25, -0.2) is 4.98 Å². The standard InChI is InChI=1S/C27H22ClF3N4O3/c1-35(2)15-25(36)34-24-14-21(9-10-32-24)38-20-7-5-16-3-4-17(11-18(16)12-20)26(37)33-19-6-8-23(28)22(13-19)27(29,30)31/h3-14H,15H2,1-2H3,(H,33,37)(H,32,34,36). The molecule has 0 aliphatic rings. The van der Waals surface area contributed by atoms with Crippen LogP contribution in [0.2, 0.25) is 5.02 Å². The van der Waals surface area contributed by atoms with Crippen LogP contribution in [0.15, 0.2) is 72.9 Å². The number of benzene rings is 3. The van der Waals surface area contributed by atoms with Crippen molar-refractivity contribution in [1.29, 1.82) is 0 Å². The van der Waals surface area contributed by atoms with E-state index in [0.29, 0.717) is 22.7 Å². The van der Waals surface area contributed by atoms with E-state index in [1.54, 1.807) is 61.5 Å². The number of aromatic nitrogens is 1. The van der Waals surface area contributed by atoms with Gasteiger partial charge in [0, 0.05) is 23.5 Å². The highest BCUT2D eigenvalue weighted by atomic mass is 35.5. The molecule has 2 amide bonds. The number of hydrogen-bond acceptors (Lipinski definition) is 5. The molecule has 0 aliphatic carbocycles. The summed E-state index contributed by atoms with van der Waals surface area (Å²) in [5.41, 5.74) is -0.822. The van der Waals surface area contributed by atoms with Crippen LogP contribution in [-0.4, -0.2) is 42.3 Å². The number of pyridine rings is 1. The number of carbonyl (C=O) groups is 2. The minimum atomic E-state index is -4.65. The molecule has 3 aromatic carbocycles. The van der Waals surface area contributed by atoms with Gasteiger partial charge >= 0.3 is 6.18 Å². The van der Waals surface area contributed by atoms with Crippen LogP contribution in [0.25, 0.3) is 10.8 Å². The Balaban J connectivity index is 1.51. The normalized spacial score (nSPS) is 11.4. The Morgan fingerprint density at radius 1 is 0.921 bits per heavy atom. The van der Waals surface area contributed by atoms with Gasteiger partial charge in [0.1, 0.15) is 17.3 Å². The quantitative estimate of drug-likeness (QED) is 0.280. The van der Waals surface area contributed by atoms with Crippen LogP contribution in [0, 0.1) is 0 Å². The minimum Gasteiger partial charge on any atom is -0.457 e. The zero-order valence-corrected chi connectivity index (χ0v) is 21.0. The number of nitrogens with zero attached hydrogens (tertiary/aromatic N) is 2. The molecular formula is C27H22ClF3N4O3. The third kappa shape index (κ3) is 6.78. The molecule has 1 heterocycles. The van der Waals surface area contributed by atoms with Crippen molar-refractivity contribution in [3.05, 3.63) is 89.1 Å². The van der Waals surface area contributed by atoms with Gasteiger partial charge in [-0.2, -0.15) is 13.2 Å².